The van der Waals surface area contributed by atoms with E-state index >= 15 is 0 Å². The van der Waals surface area contributed by atoms with Crippen LogP contribution < -0.4 is 9.57 Å². The lowest BCUT2D eigenvalue weighted by molar-refractivity contribution is -0.130. The summed E-state index contributed by atoms with van der Waals surface area (Å²) in [7, 11) is 1.44. The van der Waals surface area contributed by atoms with E-state index in [0.717, 1.165) is 5.75 Å². The molecule has 0 amide bonds. The minimum Gasteiger partial charge on any atom is -0.500 e. The van der Waals surface area contributed by atoms with Gasteiger partial charge >= 0.3 is 5.97 Å². The Bertz CT molecular complexity index is 931. The molecule has 0 saturated carbocycles. The van der Waals surface area contributed by atoms with Crippen LogP contribution in [0.2, 0.25) is 0 Å². The number of methoxy groups -OCH3 is 1. The first-order chi connectivity index (χ1) is 13.6. The van der Waals surface area contributed by atoms with Gasteiger partial charge in [-0.2, -0.15) is 0 Å². The molecule has 1 aliphatic rings. The second-order valence-corrected chi connectivity index (χ2v) is 5.96. The number of hydrogen-bond donors (Lipinski definition) is 1. The van der Waals surface area contributed by atoms with Gasteiger partial charge < -0.3 is 19.4 Å². The molecule has 0 aromatic heterocycles. The molecule has 6 nitrogen and oxygen atoms in total. The first-order valence-corrected chi connectivity index (χ1v) is 8.72. The summed E-state index contributed by atoms with van der Waals surface area (Å²) in [5, 5.41) is 11.2. The Hall–Kier alpha value is -3.67. The van der Waals surface area contributed by atoms with Gasteiger partial charge in [0.15, 0.2) is 5.75 Å². The summed E-state index contributed by atoms with van der Waals surface area (Å²) >= 11 is 0. The van der Waals surface area contributed by atoms with Crippen LogP contribution in [-0.4, -0.2) is 29.8 Å². The van der Waals surface area contributed by atoms with Gasteiger partial charge in [0.2, 0.25) is 0 Å². The average Bonchev–Trinajstić information content (AvgIpc) is 2.71. The minimum absolute atomic E-state index is 0.0581. The molecule has 28 heavy (non-hydrogen) atoms. The maximum absolute atomic E-state index is 11.7. The summed E-state index contributed by atoms with van der Waals surface area (Å²) in [5.41, 5.74) is 0.501. The first kappa shape index (κ1) is 19.1. The lowest BCUT2D eigenvalue weighted by atomic mass is 10.0. The van der Waals surface area contributed by atoms with E-state index in [0.29, 0.717) is 29.4 Å². The number of benzene rings is 2. The molecular formula is C22H21NO5. The van der Waals surface area contributed by atoms with Crippen molar-refractivity contribution in [1.82, 2.24) is 5.06 Å². The van der Waals surface area contributed by atoms with Crippen LogP contribution in [0.25, 0.3) is 5.57 Å². The zero-order valence-corrected chi connectivity index (χ0v) is 15.7. The predicted molar refractivity (Wildman–Crippen MR) is 105 cm³/mol. The second kappa shape index (κ2) is 8.81. The topological polar surface area (TPSA) is 68.2 Å². The standard InChI is InChI=1S/C22H21NO5/c1-16(26-2)21(22(24)25)19-10-6-7-11-20(19)28-23-14-12-18(13-15-23)27-17-8-4-3-5-9-17/h3-14H,15H2,1-2H3,(H,24,25). The van der Waals surface area contributed by atoms with E-state index in [1.165, 1.54) is 7.11 Å². The highest BCUT2D eigenvalue weighted by Crippen LogP contribution is 2.30. The monoisotopic (exact) mass is 379 g/mol. The molecule has 3 rings (SSSR count). The Morgan fingerprint density at radius 3 is 2.43 bits per heavy atom. The molecule has 2 aromatic carbocycles. The quantitative estimate of drug-likeness (QED) is 0.573. The highest BCUT2D eigenvalue weighted by Gasteiger charge is 2.21. The number of aliphatic carboxylic acids is 1. The number of carbonyl (C=O) groups is 1. The number of allylic oxidation sites excluding steroid dienone is 2. The largest absolute Gasteiger partial charge is 0.500 e. The number of ether oxygens (including phenoxy) is 2. The fourth-order valence-corrected chi connectivity index (χ4v) is 2.67. The van der Waals surface area contributed by atoms with E-state index in [2.05, 4.69) is 0 Å². The Labute approximate surface area is 163 Å². The van der Waals surface area contributed by atoms with Crippen LogP contribution in [0.15, 0.2) is 84.5 Å². The maximum atomic E-state index is 11.7. The number of rotatable bonds is 7. The molecule has 0 spiro atoms. The van der Waals surface area contributed by atoms with Crippen molar-refractivity contribution in [2.24, 2.45) is 0 Å². The summed E-state index contributed by atoms with van der Waals surface area (Å²) in [6, 6.07) is 16.4. The smallest absolute Gasteiger partial charge is 0.339 e. The third kappa shape index (κ3) is 4.54. The predicted octanol–water partition coefficient (Wildman–Crippen LogP) is 4.23. The average molecular weight is 379 g/mol. The van der Waals surface area contributed by atoms with Gasteiger partial charge in [-0.1, -0.05) is 36.4 Å². The van der Waals surface area contributed by atoms with E-state index in [1.54, 1.807) is 48.5 Å². The molecule has 0 bridgehead atoms. The summed E-state index contributed by atoms with van der Waals surface area (Å²) in [5.74, 6) is 1.10. The van der Waals surface area contributed by atoms with E-state index in [4.69, 9.17) is 14.3 Å². The molecule has 0 saturated heterocycles. The number of carboxylic acids is 1. The lowest BCUT2D eigenvalue weighted by Crippen LogP contribution is -2.25. The minimum atomic E-state index is -1.08. The molecule has 0 atom stereocenters. The van der Waals surface area contributed by atoms with Crippen molar-refractivity contribution in [2.75, 3.05) is 13.7 Å². The Balaban J connectivity index is 1.74. The molecule has 2 aromatic rings. The number of hydroxylamine groups is 2. The number of carboxylic acid groups (broad SMARTS) is 1. The van der Waals surface area contributed by atoms with Gasteiger partial charge in [0.05, 0.1) is 13.7 Å². The van der Waals surface area contributed by atoms with Crippen molar-refractivity contribution >= 4 is 11.5 Å². The zero-order chi connectivity index (χ0) is 19.9. The number of nitrogens with zero attached hydrogens (tertiary/aromatic N) is 1. The van der Waals surface area contributed by atoms with E-state index in [1.807, 2.05) is 36.4 Å². The molecule has 1 heterocycles. The Morgan fingerprint density at radius 1 is 1.07 bits per heavy atom. The summed E-state index contributed by atoms with van der Waals surface area (Å²) in [6.45, 7) is 2.05. The van der Waals surface area contributed by atoms with Crippen LogP contribution in [0, 0.1) is 0 Å². The van der Waals surface area contributed by atoms with E-state index in [9.17, 15) is 9.90 Å². The summed E-state index contributed by atoms with van der Waals surface area (Å²) in [6.07, 6.45) is 5.40. The van der Waals surface area contributed by atoms with Gasteiger partial charge in [-0.15, -0.1) is 0 Å². The highest BCUT2D eigenvalue weighted by atomic mass is 16.7. The number of hydrogen-bond acceptors (Lipinski definition) is 5. The van der Waals surface area contributed by atoms with Crippen LogP contribution in [-0.2, 0) is 9.53 Å². The first-order valence-electron chi connectivity index (χ1n) is 8.72. The maximum Gasteiger partial charge on any atom is 0.339 e. The van der Waals surface area contributed by atoms with Gasteiger partial charge in [-0.25, -0.2) is 9.86 Å². The highest BCUT2D eigenvalue weighted by molar-refractivity contribution is 6.16. The molecule has 0 aliphatic carbocycles. The van der Waals surface area contributed by atoms with Gasteiger partial charge in [0, 0.05) is 11.8 Å². The van der Waals surface area contributed by atoms with Crippen LogP contribution in [0.5, 0.6) is 11.5 Å². The third-order valence-corrected chi connectivity index (χ3v) is 4.10. The summed E-state index contributed by atoms with van der Waals surface area (Å²) < 4.78 is 10.9. The van der Waals surface area contributed by atoms with Crippen LogP contribution in [0.1, 0.15) is 12.5 Å². The molecule has 6 heteroatoms. The van der Waals surface area contributed by atoms with Gasteiger partial charge in [-0.3, -0.25) is 0 Å². The molecule has 144 valence electrons. The molecule has 1 N–H and O–H groups in total. The van der Waals surface area contributed by atoms with Gasteiger partial charge in [0.25, 0.3) is 0 Å². The van der Waals surface area contributed by atoms with E-state index in [-0.39, 0.29) is 5.57 Å². The molecule has 0 fully saturated rings. The van der Waals surface area contributed by atoms with E-state index < -0.39 is 5.97 Å². The summed E-state index contributed by atoms with van der Waals surface area (Å²) in [4.78, 5) is 17.6. The van der Waals surface area contributed by atoms with Crippen molar-refractivity contribution in [3.63, 3.8) is 0 Å². The fraction of sp³-hybridized carbons (Fsp3) is 0.136. The van der Waals surface area contributed by atoms with Crippen LogP contribution >= 0.6 is 0 Å². The van der Waals surface area contributed by atoms with Crippen molar-refractivity contribution in [2.45, 2.75) is 6.92 Å². The SMILES string of the molecule is COC(C)=C(C(=O)O)c1ccccc1ON1C=CC(Oc2ccccc2)=CC1. The second-order valence-electron chi connectivity index (χ2n) is 5.96. The van der Waals surface area contributed by atoms with Crippen molar-refractivity contribution in [3.05, 3.63) is 90.0 Å². The zero-order valence-electron chi connectivity index (χ0n) is 15.7. The molecular weight excluding hydrogens is 358 g/mol. The third-order valence-electron chi connectivity index (χ3n) is 4.10. The Morgan fingerprint density at radius 2 is 1.79 bits per heavy atom. The fourth-order valence-electron chi connectivity index (χ4n) is 2.67. The van der Waals surface area contributed by atoms with Crippen molar-refractivity contribution < 1.29 is 24.2 Å². The normalized spacial score (nSPS) is 14.1. The molecule has 0 unspecified atom stereocenters. The van der Waals surface area contributed by atoms with Gasteiger partial charge in [-0.05, 0) is 37.3 Å². The van der Waals surface area contributed by atoms with Crippen molar-refractivity contribution in [3.8, 4) is 11.5 Å². The lowest BCUT2D eigenvalue weighted by Gasteiger charge is -2.24. The van der Waals surface area contributed by atoms with Gasteiger partial charge in [0.1, 0.15) is 22.8 Å². The molecule has 1 aliphatic heterocycles. The van der Waals surface area contributed by atoms with Crippen LogP contribution in [0.4, 0.5) is 0 Å². The number of para-hydroxylation sites is 2. The Kier molecular flexibility index (Phi) is 6.01. The van der Waals surface area contributed by atoms with Crippen LogP contribution in [0.3, 0.4) is 0 Å². The molecule has 0 radical (unpaired) electrons. The van der Waals surface area contributed by atoms with Crippen molar-refractivity contribution in [1.29, 1.82) is 0 Å².